The molecule has 1 fully saturated rings. The molecule has 0 unspecified atom stereocenters. The summed E-state index contributed by atoms with van der Waals surface area (Å²) in [6, 6.07) is 3.40. The average Bonchev–Trinajstić information content (AvgIpc) is 2.81. The second-order valence-corrected chi connectivity index (χ2v) is 6.26. The summed E-state index contributed by atoms with van der Waals surface area (Å²) >= 11 is 6.11. The molecule has 7 nitrogen and oxygen atoms in total. The molecule has 0 atom stereocenters. The van der Waals surface area contributed by atoms with Crippen LogP contribution >= 0.6 is 24.0 Å². The zero-order chi connectivity index (χ0) is 17.9. The zero-order valence-electron chi connectivity index (χ0n) is 13.2. The van der Waals surface area contributed by atoms with E-state index in [-0.39, 0.29) is 4.32 Å². The first kappa shape index (κ1) is 18.1. The summed E-state index contributed by atoms with van der Waals surface area (Å²) in [6.45, 7) is -0.467. The van der Waals surface area contributed by atoms with Crippen molar-refractivity contribution in [2.75, 3.05) is 27.9 Å². The lowest BCUT2D eigenvalue weighted by Crippen LogP contribution is -2.33. The predicted octanol–water partition coefficient (Wildman–Crippen LogP) is 2.00. The van der Waals surface area contributed by atoms with E-state index < -0.39 is 18.4 Å². The van der Waals surface area contributed by atoms with Crippen LogP contribution in [-0.4, -0.2) is 54.1 Å². The molecule has 0 aliphatic carbocycles. The maximum Gasteiger partial charge on any atom is 0.323 e. The number of hydrogen-bond acceptors (Lipinski definition) is 7. The largest absolute Gasteiger partial charge is 0.493 e. The van der Waals surface area contributed by atoms with Crippen LogP contribution in [0.1, 0.15) is 5.56 Å². The first-order valence-corrected chi connectivity index (χ1v) is 7.91. The van der Waals surface area contributed by atoms with Crippen LogP contribution in [0.2, 0.25) is 0 Å². The van der Waals surface area contributed by atoms with Crippen LogP contribution in [0.3, 0.4) is 0 Å². The van der Waals surface area contributed by atoms with E-state index in [1.165, 1.54) is 21.3 Å². The van der Waals surface area contributed by atoms with Crippen molar-refractivity contribution in [3.05, 3.63) is 22.6 Å². The molecule has 128 valence electrons. The number of methoxy groups -OCH3 is 3. The maximum atomic E-state index is 12.3. The van der Waals surface area contributed by atoms with Gasteiger partial charge in [0, 0.05) is 5.56 Å². The first-order valence-electron chi connectivity index (χ1n) is 6.69. The molecule has 1 aromatic carbocycles. The van der Waals surface area contributed by atoms with Gasteiger partial charge in [0.05, 0.1) is 26.2 Å². The highest BCUT2D eigenvalue weighted by atomic mass is 32.2. The number of carbonyl (C=O) groups is 2. The molecule has 1 amide bonds. The van der Waals surface area contributed by atoms with E-state index in [2.05, 4.69) is 0 Å². The van der Waals surface area contributed by atoms with Crippen LogP contribution in [0.5, 0.6) is 17.2 Å². The minimum absolute atomic E-state index is 0.202. The van der Waals surface area contributed by atoms with Crippen molar-refractivity contribution in [2.45, 2.75) is 0 Å². The highest BCUT2D eigenvalue weighted by molar-refractivity contribution is 8.26. The van der Waals surface area contributed by atoms with E-state index in [0.717, 1.165) is 16.7 Å². The van der Waals surface area contributed by atoms with Crippen molar-refractivity contribution in [1.29, 1.82) is 0 Å². The van der Waals surface area contributed by atoms with E-state index in [1.807, 2.05) is 0 Å². The summed E-state index contributed by atoms with van der Waals surface area (Å²) in [7, 11) is 4.47. The number of carboxylic acids is 1. The zero-order valence-corrected chi connectivity index (χ0v) is 14.8. The summed E-state index contributed by atoms with van der Waals surface area (Å²) in [5.41, 5.74) is 0.589. The fourth-order valence-electron chi connectivity index (χ4n) is 2.15. The molecule has 0 radical (unpaired) electrons. The first-order chi connectivity index (χ1) is 11.4. The van der Waals surface area contributed by atoms with Crippen LogP contribution in [-0.2, 0) is 9.59 Å². The minimum atomic E-state index is -1.13. The lowest BCUT2D eigenvalue weighted by atomic mass is 10.1. The molecule has 1 heterocycles. The van der Waals surface area contributed by atoms with Crippen molar-refractivity contribution in [2.24, 2.45) is 0 Å². The van der Waals surface area contributed by atoms with Crippen LogP contribution in [0.15, 0.2) is 17.0 Å². The maximum absolute atomic E-state index is 12.3. The van der Waals surface area contributed by atoms with Gasteiger partial charge < -0.3 is 19.3 Å². The number of nitrogens with zero attached hydrogens (tertiary/aromatic N) is 1. The van der Waals surface area contributed by atoms with Gasteiger partial charge in [-0.2, -0.15) is 0 Å². The molecule has 2 rings (SSSR count). The van der Waals surface area contributed by atoms with Crippen LogP contribution < -0.4 is 14.2 Å². The van der Waals surface area contributed by atoms with Crippen molar-refractivity contribution in [3.8, 4) is 17.2 Å². The monoisotopic (exact) mass is 369 g/mol. The van der Waals surface area contributed by atoms with Gasteiger partial charge in [-0.15, -0.1) is 0 Å². The summed E-state index contributed by atoms with van der Waals surface area (Å²) in [5, 5.41) is 8.86. The summed E-state index contributed by atoms with van der Waals surface area (Å²) in [6.07, 6.45) is 1.59. The Bertz CT molecular complexity index is 731. The second kappa shape index (κ2) is 7.54. The van der Waals surface area contributed by atoms with Gasteiger partial charge in [0.1, 0.15) is 10.9 Å². The Morgan fingerprint density at radius 1 is 1.25 bits per heavy atom. The van der Waals surface area contributed by atoms with E-state index in [0.29, 0.717) is 27.7 Å². The number of rotatable bonds is 6. The van der Waals surface area contributed by atoms with Gasteiger partial charge >= 0.3 is 5.97 Å². The summed E-state index contributed by atoms with van der Waals surface area (Å²) in [5.74, 6) is -0.291. The Kier molecular flexibility index (Phi) is 5.68. The fourth-order valence-corrected chi connectivity index (χ4v) is 3.40. The van der Waals surface area contributed by atoms with Gasteiger partial charge in [-0.05, 0) is 18.2 Å². The molecule has 0 spiro atoms. The molecule has 1 aliphatic rings. The normalized spacial score (nSPS) is 15.8. The smallest absolute Gasteiger partial charge is 0.323 e. The third kappa shape index (κ3) is 3.46. The van der Waals surface area contributed by atoms with Gasteiger partial charge in [-0.1, -0.05) is 24.0 Å². The Morgan fingerprint density at radius 3 is 2.46 bits per heavy atom. The molecule has 0 aromatic heterocycles. The third-order valence-electron chi connectivity index (χ3n) is 3.19. The van der Waals surface area contributed by atoms with Crippen LogP contribution in [0.4, 0.5) is 0 Å². The van der Waals surface area contributed by atoms with Crippen molar-refractivity contribution in [3.63, 3.8) is 0 Å². The highest BCUT2D eigenvalue weighted by Gasteiger charge is 2.33. The van der Waals surface area contributed by atoms with Gasteiger partial charge in [0.15, 0.2) is 11.5 Å². The van der Waals surface area contributed by atoms with Crippen molar-refractivity contribution in [1.82, 2.24) is 4.90 Å². The summed E-state index contributed by atoms with van der Waals surface area (Å²) < 4.78 is 16.1. The second-order valence-electron chi connectivity index (χ2n) is 4.59. The number of aliphatic carboxylic acids is 1. The average molecular weight is 369 g/mol. The fraction of sp³-hybridized carbons (Fsp3) is 0.267. The molecule has 9 heteroatoms. The molecule has 24 heavy (non-hydrogen) atoms. The number of ether oxygens (including phenoxy) is 3. The van der Waals surface area contributed by atoms with E-state index in [1.54, 1.807) is 18.2 Å². The van der Waals surface area contributed by atoms with Crippen molar-refractivity contribution < 1.29 is 28.9 Å². The molecule has 0 bridgehead atoms. The molecule has 1 aliphatic heterocycles. The van der Waals surface area contributed by atoms with Crippen LogP contribution in [0, 0.1) is 0 Å². The number of amides is 1. The van der Waals surface area contributed by atoms with Gasteiger partial charge in [-0.3, -0.25) is 14.5 Å². The third-order valence-corrected chi connectivity index (χ3v) is 4.57. The van der Waals surface area contributed by atoms with Gasteiger partial charge in [0.2, 0.25) is 5.75 Å². The SMILES string of the molecule is COc1ccc(/C=C2\SC(=S)N(CC(=O)O)C2=O)c(OC)c1OC. The van der Waals surface area contributed by atoms with E-state index in [4.69, 9.17) is 31.5 Å². The van der Waals surface area contributed by atoms with Crippen molar-refractivity contribution >= 4 is 46.3 Å². The standard InChI is InChI=1S/C15H15NO6S2/c1-20-9-5-4-8(12(21-2)13(9)22-3)6-10-14(19)16(7-11(17)18)15(23)24-10/h4-6H,7H2,1-3H3,(H,17,18)/b10-6-. The highest BCUT2D eigenvalue weighted by Crippen LogP contribution is 2.42. The minimum Gasteiger partial charge on any atom is -0.493 e. The topological polar surface area (TPSA) is 85.3 Å². The molecule has 1 saturated heterocycles. The molecule has 1 aromatic rings. The molecular weight excluding hydrogens is 354 g/mol. The quantitative estimate of drug-likeness (QED) is 0.602. The number of carbonyl (C=O) groups excluding carboxylic acids is 1. The van der Waals surface area contributed by atoms with E-state index in [9.17, 15) is 9.59 Å². The van der Waals surface area contributed by atoms with E-state index >= 15 is 0 Å². The number of hydrogen-bond donors (Lipinski definition) is 1. The van der Waals surface area contributed by atoms with Gasteiger partial charge in [-0.25, -0.2) is 0 Å². The lowest BCUT2D eigenvalue weighted by Gasteiger charge is -2.14. The van der Waals surface area contributed by atoms with Gasteiger partial charge in [0.25, 0.3) is 5.91 Å². The number of thiocarbonyl (C=S) groups is 1. The van der Waals surface area contributed by atoms with Crippen LogP contribution in [0.25, 0.3) is 6.08 Å². The predicted molar refractivity (Wildman–Crippen MR) is 93.6 cm³/mol. The number of benzene rings is 1. The molecular formula is C15H15NO6S2. The Labute approximate surface area is 148 Å². The number of thioether (sulfide) groups is 1. The molecule has 0 saturated carbocycles. The molecule has 1 N–H and O–H groups in total. The Morgan fingerprint density at radius 2 is 1.92 bits per heavy atom. The summed E-state index contributed by atoms with van der Waals surface area (Å²) in [4.78, 5) is 24.5. The lowest BCUT2D eigenvalue weighted by molar-refractivity contribution is -0.140. The Hall–Kier alpha value is -2.26. The Balaban J connectivity index is 2.43. The number of carboxylic acid groups (broad SMARTS) is 1.